The number of fused-ring (bicyclic) bond motifs is 1. The molecule has 4 rings (SSSR count). The quantitative estimate of drug-likeness (QED) is 0.730. The summed E-state index contributed by atoms with van der Waals surface area (Å²) in [5.41, 5.74) is 7.29. The first-order valence-electron chi connectivity index (χ1n) is 7.00. The predicted molar refractivity (Wildman–Crippen MR) is 84.7 cm³/mol. The summed E-state index contributed by atoms with van der Waals surface area (Å²) >= 11 is 7.61. The number of nitrogen functional groups attached to an aromatic ring is 1. The molecule has 1 aliphatic carbocycles. The van der Waals surface area contributed by atoms with Crippen molar-refractivity contribution in [1.82, 2.24) is 19.8 Å². The van der Waals surface area contributed by atoms with E-state index in [0.717, 1.165) is 21.4 Å². The lowest BCUT2D eigenvalue weighted by atomic mass is 10.1. The van der Waals surface area contributed by atoms with Gasteiger partial charge >= 0.3 is 0 Å². The van der Waals surface area contributed by atoms with Crippen LogP contribution in [0.25, 0.3) is 15.5 Å². The van der Waals surface area contributed by atoms with Gasteiger partial charge in [-0.05, 0) is 31.0 Å². The van der Waals surface area contributed by atoms with Crippen molar-refractivity contribution in [2.24, 2.45) is 0 Å². The van der Waals surface area contributed by atoms with Gasteiger partial charge in [-0.15, -0.1) is 10.2 Å². The van der Waals surface area contributed by atoms with Gasteiger partial charge in [0.05, 0.1) is 10.7 Å². The van der Waals surface area contributed by atoms with Gasteiger partial charge in [-0.3, -0.25) is 0 Å². The Kier molecular flexibility index (Phi) is 3.08. The first-order chi connectivity index (χ1) is 10.2. The highest BCUT2D eigenvalue weighted by Gasteiger charge is 2.24. The van der Waals surface area contributed by atoms with Crippen molar-refractivity contribution in [3.05, 3.63) is 29.0 Å². The lowest BCUT2D eigenvalue weighted by molar-refractivity contribution is 0.641. The molecule has 2 heterocycles. The van der Waals surface area contributed by atoms with Gasteiger partial charge in [0.1, 0.15) is 5.01 Å². The maximum absolute atomic E-state index is 6.09. The Morgan fingerprint density at radius 1 is 1.24 bits per heavy atom. The minimum atomic E-state index is 0.491. The molecule has 0 bridgehead atoms. The standard InChI is InChI=1S/C14H14ClN5S/c15-10-7-9(5-6-11(10)16)13-19-20-12(8-3-1-2-4-8)17-18-14(20)21-13/h5-8H,1-4,16H2. The maximum atomic E-state index is 6.09. The molecular formula is C14H14ClN5S. The van der Waals surface area contributed by atoms with Gasteiger partial charge in [-0.25, -0.2) is 0 Å². The van der Waals surface area contributed by atoms with Crippen molar-refractivity contribution in [3.8, 4) is 10.6 Å². The molecule has 7 heteroatoms. The number of aromatic nitrogens is 4. The zero-order valence-corrected chi connectivity index (χ0v) is 12.9. The molecule has 0 atom stereocenters. The summed E-state index contributed by atoms with van der Waals surface area (Å²) in [5.74, 6) is 1.48. The molecule has 0 spiro atoms. The van der Waals surface area contributed by atoms with Crippen molar-refractivity contribution in [2.75, 3.05) is 5.73 Å². The third kappa shape index (κ3) is 2.18. The van der Waals surface area contributed by atoms with E-state index in [1.54, 1.807) is 6.07 Å². The average Bonchev–Trinajstić information content (AvgIpc) is 3.16. The first kappa shape index (κ1) is 13.0. The molecule has 108 valence electrons. The van der Waals surface area contributed by atoms with E-state index in [0.29, 0.717) is 16.6 Å². The second kappa shape index (κ2) is 4.96. The maximum Gasteiger partial charge on any atom is 0.234 e. The van der Waals surface area contributed by atoms with E-state index in [2.05, 4.69) is 15.3 Å². The monoisotopic (exact) mass is 319 g/mol. The lowest BCUT2D eigenvalue weighted by Crippen LogP contribution is -2.01. The molecule has 21 heavy (non-hydrogen) atoms. The Balaban J connectivity index is 1.78. The number of anilines is 1. The fourth-order valence-electron chi connectivity index (χ4n) is 2.85. The summed E-state index contributed by atoms with van der Waals surface area (Å²) in [6.07, 6.45) is 4.90. The molecule has 0 aliphatic heterocycles. The van der Waals surface area contributed by atoms with E-state index in [4.69, 9.17) is 17.3 Å². The van der Waals surface area contributed by atoms with Crippen LogP contribution in [0.2, 0.25) is 5.02 Å². The molecular weight excluding hydrogens is 306 g/mol. The van der Waals surface area contributed by atoms with Crippen LogP contribution in [0, 0.1) is 0 Å². The molecule has 1 fully saturated rings. The first-order valence-corrected chi connectivity index (χ1v) is 8.19. The van der Waals surface area contributed by atoms with Crippen molar-refractivity contribution in [3.63, 3.8) is 0 Å². The van der Waals surface area contributed by atoms with Crippen molar-refractivity contribution >= 4 is 33.6 Å². The Morgan fingerprint density at radius 2 is 2.05 bits per heavy atom. The minimum absolute atomic E-state index is 0.491. The van der Waals surface area contributed by atoms with Crippen LogP contribution in [-0.2, 0) is 0 Å². The minimum Gasteiger partial charge on any atom is -0.398 e. The molecule has 2 N–H and O–H groups in total. The smallest absolute Gasteiger partial charge is 0.234 e. The molecule has 2 aromatic heterocycles. The van der Waals surface area contributed by atoms with Gasteiger partial charge in [-0.2, -0.15) is 9.61 Å². The highest BCUT2D eigenvalue weighted by Crippen LogP contribution is 2.35. The summed E-state index contributed by atoms with van der Waals surface area (Å²) in [6.45, 7) is 0. The van der Waals surface area contributed by atoms with Crippen LogP contribution in [0.5, 0.6) is 0 Å². The highest BCUT2D eigenvalue weighted by molar-refractivity contribution is 7.19. The van der Waals surface area contributed by atoms with E-state index in [1.165, 1.54) is 37.0 Å². The zero-order valence-electron chi connectivity index (χ0n) is 11.3. The summed E-state index contributed by atoms with van der Waals surface area (Å²) in [6, 6.07) is 5.58. The van der Waals surface area contributed by atoms with Crippen LogP contribution >= 0.6 is 22.9 Å². The molecule has 3 aromatic rings. The lowest BCUT2D eigenvalue weighted by Gasteiger charge is -2.03. The molecule has 1 saturated carbocycles. The van der Waals surface area contributed by atoms with E-state index < -0.39 is 0 Å². The fourth-order valence-corrected chi connectivity index (χ4v) is 3.87. The SMILES string of the molecule is Nc1ccc(-c2nn3c(C4CCCC4)nnc3s2)cc1Cl. The topological polar surface area (TPSA) is 69.1 Å². The number of rotatable bonds is 2. The Bertz CT molecular complexity index is 803. The number of hydrogen-bond donors (Lipinski definition) is 1. The molecule has 5 nitrogen and oxygen atoms in total. The molecule has 0 amide bonds. The van der Waals surface area contributed by atoms with Gasteiger partial charge < -0.3 is 5.73 Å². The number of benzene rings is 1. The van der Waals surface area contributed by atoms with E-state index in [1.807, 2.05) is 16.6 Å². The second-order valence-corrected chi connectivity index (χ2v) is 6.74. The van der Waals surface area contributed by atoms with E-state index in [-0.39, 0.29) is 0 Å². The van der Waals surface area contributed by atoms with Gasteiger partial charge in [0.25, 0.3) is 0 Å². The highest BCUT2D eigenvalue weighted by atomic mass is 35.5. The normalized spacial score (nSPS) is 16.0. The van der Waals surface area contributed by atoms with Crippen molar-refractivity contribution in [2.45, 2.75) is 31.6 Å². The zero-order chi connectivity index (χ0) is 14.4. The van der Waals surface area contributed by atoms with Crippen molar-refractivity contribution in [1.29, 1.82) is 0 Å². The van der Waals surface area contributed by atoms with Crippen LogP contribution in [0.15, 0.2) is 18.2 Å². The van der Waals surface area contributed by atoms with Crippen LogP contribution in [0.1, 0.15) is 37.4 Å². The van der Waals surface area contributed by atoms with Gasteiger partial charge in [0.15, 0.2) is 5.82 Å². The Hall–Kier alpha value is -1.66. The molecule has 1 aliphatic rings. The van der Waals surface area contributed by atoms with Gasteiger partial charge in [0, 0.05) is 11.5 Å². The van der Waals surface area contributed by atoms with Crippen LogP contribution in [-0.4, -0.2) is 19.8 Å². The van der Waals surface area contributed by atoms with Crippen LogP contribution in [0.3, 0.4) is 0 Å². The summed E-state index contributed by atoms with van der Waals surface area (Å²) < 4.78 is 1.89. The van der Waals surface area contributed by atoms with Crippen LogP contribution in [0.4, 0.5) is 5.69 Å². The van der Waals surface area contributed by atoms with Gasteiger partial charge in [-0.1, -0.05) is 35.8 Å². The van der Waals surface area contributed by atoms with Crippen molar-refractivity contribution < 1.29 is 0 Å². The number of nitrogens with zero attached hydrogens (tertiary/aromatic N) is 4. The predicted octanol–water partition coefficient (Wildman–Crippen LogP) is 3.75. The van der Waals surface area contributed by atoms with Gasteiger partial charge in [0.2, 0.25) is 4.96 Å². The number of nitrogens with two attached hydrogens (primary N) is 1. The summed E-state index contributed by atoms with van der Waals surface area (Å²) in [4.78, 5) is 0.833. The number of halogens is 1. The fraction of sp³-hybridized carbons (Fsp3) is 0.357. The number of hydrogen-bond acceptors (Lipinski definition) is 5. The Morgan fingerprint density at radius 3 is 2.81 bits per heavy atom. The third-order valence-corrected chi connectivity index (χ3v) is 5.26. The summed E-state index contributed by atoms with van der Waals surface area (Å²) in [7, 11) is 0. The molecule has 0 radical (unpaired) electrons. The largest absolute Gasteiger partial charge is 0.398 e. The van der Waals surface area contributed by atoms with Crippen LogP contribution < -0.4 is 5.73 Å². The molecule has 1 aromatic carbocycles. The van der Waals surface area contributed by atoms with E-state index in [9.17, 15) is 0 Å². The Labute approximate surface area is 130 Å². The second-order valence-electron chi connectivity index (χ2n) is 5.38. The summed E-state index contributed by atoms with van der Waals surface area (Å²) in [5, 5.41) is 14.7. The van der Waals surface area contributed by atoms with E-state index >= 15 is 0 Å². The molecule has 0 unspecified atom stereocenters. The average molecular weight is 320 g/mol. The molecule has 0 saturated heterocycles. The third-order valence-electron chi connectivity index (χ3n) is 3.98.